The van der Waals surface area contributed by atoms with Crippen molar-refractivity contribution in [2.24, 2.45) is 0 Å². The monoisotopic (exact) mass is 233 g/mol. The van der Waals surface area contributed by atoms with Gasteiger partial charge in [0.15, 0.2) is 0 Å². The van der Waals surface area contributed by atoms with E-state index in [1.165, 1.54) is 10.9 Å². The highest BCUT2D eigenvalue weighted by Crippen LogP contribution is 2.15. The largest absolute Gasteiger partial charge is 0.446 e. The van der Waals surface area contributed by atoms with Gasteiger partial charge in [0.05, 0.1) is 11.8 Å². The van der Waals surface area contributed by atoms with E-state index in [0.717, 1.165) is 18.7 Å². The molecule has 3 aliphatic heterocycles. The predicted octanol–water partition coefficient (Wildman–Crippen LogP) is 1.16. The second-order valence-corrected chi connectivity index (χ2v) is 3.85. The van der Waals surface area contributed by atoms with Crippen LogP contribution in [0, 0.1) is 0 Å². The Labute approximate surface area is 97.5 Å². The van der Waals surface area contributed by atoms with Gasteiger partial charge >= 0.3 is 6.09 Å². The minimum atomic E-state index is -0.426. The first-order chi connectivity index (χ1) is 8.33. The molecule has 17 heavy (non-hydrogen) atoms. The first-order valence-electron chi connectivity index (χ1n) is 5.40. The van der Waals surface area contributed by atoms with Crippen LogP contribution < -0.4 is 0 Å². The third kappa shape index (κ3) is 1.99. The SMILES string of the molecule is O=C(OCC1CCO1)n1ccc2ncnc-2c1. The number of carbonyl (C=O) groups excluding carboxylic acids is 1. The zero-order chi connectivity index (χ0) is 11.7. The molecule has 1 atom stereocenters. The van der Waals surface area contributed by atoms with E-state index < -0.39 is 6.09 Å². The number of ether oxygens (including phenoxy) is 2. The molecule has 0 aromatic heterocycles. The van der Waals surface area contributed by atoms with Crippen molar-refractivity contribution in [2.45, 2.75) is 12.5 Å². The van der Waals surface area contributed by atoms with Crippen molar-refractivity contribution < 1.29 is 14.3 Å². The van der Waals surface area contributed by atoms with Crippen molar-refractivity contribution in [3.63, 3.8) is 0 Å². The fourth-order valence-corrected chi connectivity index (χ4v) is 1.61. The molecule has 3 aliphatic rings. The van der Waals surface area contributed by atoms with Crippen LogP contribution in [0.2, 0.25) is 0 Å². The van der Waals surface area contributed by atoms with Crippen LogP contribution in [-0.4, -0.2) is 39.9 Å². The van der Waals surface area contributed by atoms with Crippen molar-refractivity contribution >= 4 is 6.09 Å². The summed E-state index contributed by atoms with van der Waals surface area (Å²) in [7, 11) is 0. The van der Waals surface area contributed by atoms with Crippen LogP contribution >= 0.6 is 0 Å². The van der Waals surface area contributed by atoms with E-state index >= 15 is 0 Å². The molecule has 0 amide bonds. The lowest BCUT2D eigenvalue weighted by atomic mass is 10.2. The standard InChI is InChI=1S/C11H11N3O3/c15-11(17-6-8-2-4-16-8)14-3-1-9-10(5-14)13-7-12-9/h1,3,5,7-8H,2,4,6H2. The van der Waals surface area contributed by atoms with Gasteiger partial charge < -0.3 is 9.47 Å². The van der Waals surface area contributed by atoms with Crippen LogP contribution in [0.25, 0.3) is 11.4 Å². The van der Waals surface area contributed by atoms with Crippen LogP contribution in [0.3, 0.4) is 0 Å². The van der Waals surface area contributed by atoms with Crippen molar-refractivity contribution in [3.05, 3.63) is 24.8 Å². The molecule has 0 radical (unpaired) electrons. The Hall–Kier alpha value is -1.95. The fraction of sp³-hybridized carbons (Fsp3) is 0.364. The second kappa shape index (κ2) is 4.14. The van der Waals surface area contributed by atoms with Gasteiger partial charge in [-0.05, 0) is 6.07 Å². The number of nitrogens with zero attached hydrogens (tertiary/aromatic N) is 3. The summed E-state index contributed by atoms with van der Waals surface area (Å²) in [5.41, 5.74) is 1.43. The van der Waals surface area contributed by atoms with Gasteiger partial charge in [-0.3, -0.25) is 4.57 Å². The summed E-state index contributed by atoms with van der Waals surface area (Å²) >= 11 is 0. The summed E-state index contributed by atoms with van der Waals surface area (Å²) in [4.78, 5) is 19.7. The normalized spacial score (nSPS) is 18.9. The van der Waals surface area contributed by atoms with Gasteiger partial charge in [-0.25, -0.2) is 14.8 Å². The van der Waals surface area contributed by atoms with Crippen molar-refractivity contribution in [2.75, 3.05) is 13.2 Å². The highest BCUT2D eigenvalue weighted by Gasteiger charge is 2.20. The van der Waals surface area contributed by atoms with Crippen LogP contribution in [0.5, 0.6) is 0 Å². The molecule has 1 fully saturated rings. The molecule has 1 unspecified atom stereocenters. The molecule has 3 heterocycles. The molecule has 0 N–H and O–H groups in total. The maximum Gasteiger partial charge on any atom is 0.418 e. The lowest BCUT2D eigenvalue weighted by Gasteiger charge is -2.25. The van der Waals surface area contributed by atoms with Crippen LogP contribution in [0.1, 0.15) is 6.42 Å². The number of imidazole rings is 1. The smallest absolute Gasteiger partial charge is 0.418 e. The maximum atomic E-state index is 11.7. The van der Waals surface area contributed by atoms with Crippen molar-refractivity contribution in [1.82, 2.24) is 14.5 Å². The number of aromatic nitrogens is 3. The Morgan fingerprint density at radius 3 is 3.12 bits per heavy atom. The van der Waals surface area contributed by atoms with E-state index in [9.17, 15) is 4.79 Å². The van der Waals surface area contributed by atoms with Crippen LogP contribution in [0.4, 0.5) is 4.79 Å². The number of hydrogen-bond acceptors (Lipinski definition) is 5. The molecule has 6 nitrogen and oxygen atoms in total. The maximum absolute atomic E-state index is 11.7. The molecule has 6 heteroatoms. The molecule has 0 spiro atoms. The minimum Gasteiger partial charge on any atom is -0.446 e. The lowest BCUT2D eigenvalue weighted by molar-refractivity contribution is -0.0794. The van der Waals surface area contributed by atoms with E-state index in [0.29, 0.717) is 12.3 Å². The second-order valence-electron chi connectivity index (χ2n) is 3.85. The van der Waals surface area contributed by atoms with Gasteiger partial charge in [0.2, 0.25) is 0 Å². The van der Waals surface area contributed by atoms with Crippen LogP contribution in [0.15, 0.2) is 24.8 Å². The first kappa shape index (κ1) is 10.2. The molecule has 0 aliphatic carbocycles. The summed E-state index contributed by atoms with van der Waals surface area (Å²) < 4.78 is 11.6. The van der Waals surface area contributed by atoms with Gasteiger partial charge in [0.1, 0.15) is 18.6 Å². The molecular formula is C11H11N3O3. The lowest BCUT2D eigenvalue weighted by Crippen LogP contribution is -2.33. The summed E-state index contributed by atoms with van der Waals surface area (Å²) in [6, 6.07) is 1.73. The Balaban J connectivity index is 1.69. The molecule has 3 rings (SSSR count). The van der Waals surface area contributed by atoms with E-state index in [4.69, 9.17) is 9.47 Å². The van der Waals surface area contributed by atoms with Crippen molar-refractivity contribution in [3.8, 4) is 11.4 Å². The van der Waals surface area contributed by atoms with Gasteiger partial charge in [-0.15, -0.1) is 0 Å². The summed E-state index contributed by atoms with van der Waals surface area (Å²) in [6.45, 7) is 1.06. The number of pyridine rings is 1. The predicted molar refractivity (Wildman–Crippen MR) is 57.7 cm³/mol. The Kier molecular flexibility index (Phi) is 2.49. The molecule has 0 bridgehead atoms. The Morgan fingerprint density at radius 2 is 2.35 bits per heavy atom. The van der Waals surface area contributed by atoms with Gasteiger partial charge in [0.25, 0.3) is 0 Å². The number of fused-ring (bicyclic) bond motifs is 1. The van der Waals surface area contributed by atoms with Gasteiger partial charge in [0, 0.05) is 25.4 Å². The van der Waals surface area contributed by atoms with E-state index in [1.807, 2.05) is 0 Å². The van der Waals surface area contributed by atoms with Crippen LogP contribution in [-0.2, 0) is 9.47 Å². The average Bonchev–Trinajstić information content (AvgIpc) is 2.73. The fourth-order valence-electron chi connectivity index (χ4n) is 1.61. The number of hydrogen-bond donors (Lipinski definition) is 0. The number of carbonyl (C=O) groups is 1. The quantitative estimate of drug-likeness (QED) is 0.778. The third-order valence-corrected chi connectivity index (χ3v) is 2.71. The van der Waals surface area contributed by atoms with E-state index in [-0.39, 0.29) is 6.10 Å². The van der Waals surface area contributed by atoms with E-state index in [1.54, 1.807) is 18.5 Å². The zero-order valence-corrected chi connectivity index (χ0v) is 9.07. The third-order valence-electron chi connectivity index (χ3n) is 2.71. The molecule has 0 aromatic carbocycles. The summed E-state index contributed by atoms with van der Waals surface area (Å²) in [6.07, 6.45) is 5.26. The van der Waals surface area contributed by atoms with Crippen molar-refractivity contribution in [1.29, 1.82) is 0 Å². The topological polar surface area (TPSA) is 66.2 Å². The van der Waals surface area contributed by atoms with E-state index in [2.05, 4.69) is 9.97 Å². The minimum absolute atomic E-state index is 0.0574. The van der Waals surface area contributed by atoms with Gasteiger partial charge in [-0.1, -0.05) is 0 Å². The zero-order valence-electron chi connectivity index (χ0n) is 9.07. The Bertz CT molecular complexity index is 507. The molecule has 88 valence electrons. The summed E-state index contributed by atoms with van der Waals surface area (Å²) in [5, 5.41) is 0. The molecular weight excluding hydrogens is 222 g/mol. The first-order valence-corrected chi connectivity index (χ1v) is 5.40. The summed E-state index contributed by atoms with van der Waals surface area (Å²) in [5.74, 6) is 0. The highest BCUT2D eigenvalue weighted by atomic mass is 16.6. The molecule has 0 aromatic rings. The average molecular weight is 233 g/mol. The Morgan fingerprint density at radius 1 is 1.53 bits per heavy atom. The highest BCUT2D eigenvalue weighted by molar-refractivity contribution is 5.72. The molecule has 0 saturated carbocycles. The molecule has 1 saturated heterocycles. The van der Waals surface area contributed by atoms with Gasteiger partial charge in [-0.2, -0.15) is 0 Å². The number of rotatable bonds is 2.